The molecule has 6 nitrogen and oxygen atoms in total. The molecule has 1 aromatic heterocycles. The molecule has 0 saturated carbocycles. The van der Waals surface area contributed by atoms with E-state index in [-0.39, 0.29) is 11.5 Å². The largest absolute Gasteiger partial charge is 0.339 e. The molecule has 17 heavy (non-hydrogen) atoms. The van der Waals surface area contributed by atoms with Crippen LogP contribution in [0.25, 0.3) is 0 Å². The third-order valence-electron chi connectivity index (χ3n) is 2.73. The summed E-state index contributed by atoms with van der Waals surface area (Å²) >= 11 is 0. The van der Waals surface area contributed by atoms with Crippen molar-refractivity contribution >= 4 is 5.91 Å². The Kier molecular flexibility index (Phi) is 3.88. The lowest BCUT2D eigenvalue weighted by Crippen LogP contribution is -2.43. The van der Waals surface area contributed by atoms with Crippen LogP contribution in [-0.4, -0.2) is 33.0 Å². The standard InChI is InChI=1S/C11H17N3O3/c1-5-14(6-2)10(16)8-7-12(3)11(17)13(4)9(8)15/h7H,5-6H2,1-4H3. The van der Waals surface area contributed by atoms with Crippen molar-refractivity contribution in [1.29, 1.82) is 0 Å². The highest BCUT2D eigenvalue weighted by atomic mass is 16.2. The molecule has 1 amide bonds. The number of carbonyl (C=O) groups excluding carboxylic acids is 1. The van der Waals surface area contributed by atoms with Gasteiger partial charge in [0.25, 0.3) is 11.5 Å². The highest BCUT2D eigenvalue weighted by Gasteiger charge is 2.18. The Morgan fingerprint density at radius 2 is 1.76 bits per heavy atom. The van der Waals surface area contributed by atoms with Gasteiger partial charge < -0.3 is 9.47 Å². The summed E-state index contributed by atoms with van der Waals surface area (Å²) in [5.41, 5.74) is -0.964. The maximum absolute atomic E-state index is 12.0. The molecular formula is C11H17N3O3. The van der Waals surface area contributed by atoms with Crippen molar-refractivity contribution < 1.29 is 4.79 Å². The highest BCUT2D eigenvalue weighted by molar-refractivity contribution is 5.93. The van der Waals surface area contributed by atoms with Crippen molar-refractivity contribution in [2.45, 2.75) is 13.8 Å². The molecule has 0 spiro atoms. The molecule has 6 heteroatoms. The van der Waals surface area contributed by atoms with Crippen LogP contribution < -0.4 is 11.2 Å². The molecule has 0 radical (unpaired) electrons. The summed E-state index contributed by atoms with van der Waals surface area (Å²) in [4.78, 5) is 36.9. The maximum atomic E-state index is 12.0. The number of amides is 1. The quantitative estimate of drug-likeness (QED) is 0.718. The number of rotatable bonds is 3. The van der Waals surface area contributed by atoms with Crippen LogP contribution in [0.3, 0.4) is 0 Å². The number of carbonyl (C=O) groups is 1. The lowest BCUT2D eigenvalue weighted by Gasteiger charge is -2.18. The lowest BCUT2D eigenvalue weighted by atomic mass is 10.2. The monoisotopic (exact) mass is 239 g/mol. The molecule has 1 aromatic rings. The number of aromatic nitrogens is 2. The van der Waals surface area contributed by atoms with E-state index in [1.165, 1.54) is 24.9 Å². The van der Waals surface area contributed by atoms with E-state index in [0.29, 0.717) is 13.1 Å². The predicted molar refractivity (Wildman–Crippen MR) is 64.2 cm³/mol. The number of aryl methyl sites for hydroxylation is 1. The van der Waals surface area contributed by atoms with Crippen LogP contribution in [0.1, 0.15) is 24.2 Å². The normalized spacial score (nSPS) is 10.4. The van der Waals surface area contributed by atoms with Crippen molar-refractivity contribution in [2.24, 2.45) is 14.1 Å². The smallest absolute Gasteiger partial charge is 0.330 e. The van der Waals surface area contributed by atoms with Gasteiger partial charge in [0.05, 0.1) is 0 Å². The van der Waals surface area contributed by atoms with Gasteiger partial charge in [-0.1, -0.05) is 0 Å². The van der Waals surface area contributed by atoms with Crippen molar-refractivity contribution in [3.8, 4) is 0 Å². The first-order valence-corrected chi connectivity index (χ1v) is 5.49. The third-order valence-corrected chi connectivity index (χ3v) is 2.73. The van der Waals surface area contributed by atoms with Crippen LogP contribution in [0.2, 0.25) is 0 Å². The van der Waals surface area contributed by atoms with Crippen molar-refractivity contribution in [3.63, 3.8) is 0 Å². The average Bonchev–Trinajstić information content (AvgIpc) is 2.32. The van der Waals surface area contributed by atoms with Gasteiger partial charge in [-0.2, -0.15) is 0 Å². The van der Waals surface area contributed by atoms with E-state index in [4.69, 9.17) is 0 Å². The summed E-state index contributed by atoms with van der Waals surface area (Å²) in [7, 11) is 2.88. The Morgan fingerprint density at radius 1 is 1.24 bits per heavy atom. The lowest BCUT2D eigenvalue weighted by molar-refractivity contribution is 0.0769. The molecule has 0 aromatic carbocycles. The first-order valence-electron chi connectivity index (χ1n) is 5.49. The fraction of sp³-hybridized carbons (Fsp3) is 0.545. The number of nitrogens with zero attached hydrogens (tertiary/aromatic N) is 3. The summed E-state index contributed by atoms with van der Waals surface area (Å²) in [5.74, 6) is -0.341. The van der Waals surface area contributed by atoms with E-state index < -0.39 is 11.2 Å². The van der Waals surface area contributed by atoms with Crippen LogP contribution in [0.15, 0.2) is 15.8 Å². The van der Waals surface area contributed by atoms with Crippen LogP contribution >= 0.6 is 0 Å². The van der Waals surface area contributed by atoms with Crippen LogP contribution in [0.4, 0.5) is 0 Å². The zero-order valence-electron chi connectivity index (χ0n) is 10.6. The molecule has 0 unspecified atom stereocenters. The average molecular weight is 239 g/mol. The first kappa shape index (κ1) is 13.2. The second-order valence-corrected chi connectivity index (χ2v) is 3.78. The van der Waals surface area contributed by atoms with Gasteiger partial charge in [0, 0.05) is 33.4 Å². The van der Waals surface area contributed by atoms with E-state index in [9.17, 15) is 14.4 Å². The van der Waals surface area contributed by atoms with Crippen LogP contribution in [0.5, 0.6) is 0 Å². The van der Waals surface area contributed by atoms with Gasteiger partial charge >= 0.3 is 5.69 Å². The Balaban J connectivity index is 3.39. The minimum absolute atomic E-state index is 0.0262. The van der Waals surface area contributed by atoms with Gasteiger partial charge in [-0.15, -0.1) is 0 Å². The summed E-state index contributed by atoms with van der Waals surface area (Å²) in [6.45, 7) is 4.74. The van der Waals surface area contributed by atoms with Crippen LogP contribution in [-0.2, 0) is 14.1 Å². The molecule has 0 fully saturated rings. The maximum Gasteiger partial charge on any atom is 0.330 e. The molecule has 1 heterocycles. The minimum atomic E-state index is -0.551. The minimum Gasteiger partial charge on any atom is -0.339 e. The van der Waals surface area contributed by atoms with Gasteiger partial charge in [-0.25, -0.2) is 4.79 Å². The SMILES string of the molecule is CCN(CC)C(=O)c1cn(C)c(=O)n(C)c1=O. The van der Waals surface area contributed by atoms with E-state index in [0.717, 1.165) is 4.57 Å². The van der Waals surface area contributed by atoms with Gasteiger partial charge in [0.1, 0.15) is 5.56 Å². The van der Waals surface area contributed by atoms with Gasteiger partial charge in [0.2, 0.25) is 0 Å². The van der Waals surface area contributed by atoms with Crippen molar-refractivity contribution in [1.82, 2.24) is 14.0 Å². The van der Waals surface area contributed by atoms with E-state index >= 15 is 0 Å². The molecule has 1 rings (SSSR count). The second-order valence-electron chi connectivity index (χ2n) is 3.78. The Morgan fingerprint density at radius 3 is 2.24 bits per heavy atom. The van der Waals surface area contributed by atoms with Gasteiger partial charge in [-0.3, -0.25) is 14.2 Å². The third kappa shape index (κ3) is 2.30. The van der Waals surface area contributed by atoms with Crippen molar-refractivity contribution in [3.05, 3.63) is 32.6 Å². The molecule has 0 N–H and O–H groups in total. The molecule has 0 bridgehead atoms. The van der Waals surface area contributed by atoms with E-state index in [1.807, 2.05) is 13.8 Å². The van der Waals surface area contributed by atoms with Gasteiger partial charge in [0.15, 0.2) is 0 Å². The van der Waals surface area contributed by atoms with Crippen LogP contribution in [0, 0.1) is 0 Å². The Hall–Kier alpha value is -1.85. The summed E-state index contributed by atoms with van der Waals surface area (Å²) in [6, 6.07) is 0. The molecule has 0 aliphatic carbocycles. The van der Waals surface area contributed by atoms with Crippen molar-refractivity contribution in [2.75, 3.05) is 13.1 Å². The molecule has 0 atom stereocenters. The predicted octanol–water partition coefficient (Wildman–Crippen LogP) is -0.434. The fourth-order valence-corrected chi connectivity index (χ4v) is 1.64. The first-order chi connectivity index (χ1) is 7.93. The molecule has 0 saturated heterocycles. The second kappa shape index (κ2) is 4.99. The fourth-order valence-electron chi connectivity index (χ4n) is 1.64. The number of hydrogen-bond acceptors (Lipinski definition) is 3. The molecule has 0 aliphatic heterocycles. The van der Waals surface area contributed by atoms with E-state index in [2.05, 4.69) is 0 Å². The topological polar surface area (TPSA) is 64.3 Å². The Labute approximate surface area is 99.1 Å². The summed E-state index contributed by atoms with van der Waals surface area (Å²) < 4.78 is 2.18. The zero-order valence-corrected chi connectivity index (χ0v) is 10.6. The molecule has 0 aliphatic rings. The van der Waals surface area contributed by atoms with E-state index in [1.54, 1.807) is 4.90 Å². The number of hydrogen-bond donors (Lipinski definition) is 0. The summed E-state index contributed by atoms with van der Waals surface area (Å²) in [6.07, 6.45) is 1.30. The summed E-state index contributed by atoms with van der Waals surface area (Å²) in [5, 5.41) is 0. The van der Waals surface area contributed by atoms with Gasteiger partial charge in [-0.05, 0) is 13.8 Å². The zero-order chi connectivity index (χ0) is 13.2. The molecule has 94 valence electrons. The Bertz CT molecular complexity index is 538. The molecular weight excluding hydrogens is 222 g/mol. The highest BCUT2D eigenvalue weighted by Crippen LogP contribution is 1.97.